The van der Waals surface area contributed by atoms with Gasteiger partial charge in [0.25, 0.3) is 0 Å². The van der Waals surface area contributed by atoms with Crippen molar-refractivity contribution in [1.82, 2.24) is 15.1 Å². The fourth-order valence-electron chi connectivity index (χ4n) is 2.62. The number of anilines is 1. The molecule has 21 heavy (non-hydrogen) atoms. The van der Waals surface area contributed by atoms with Gasteiger partial charge in [-0.2, -0.15) is 0 Å². The molecular weight excluding hydrogens is 268 g/mol. The number of rotatable bonds is 3. The number of nitrogens with zero attached hydrogens (tertiary/aromatic N) is 3. The van der Waals surface area contributed by atoms with Gasteiger partial charge in [-0.3, -0.25) is 0 Å². The first-order chi connectivity index (χ1) is 10.2. The zero-order chi connectivity index (χ0) is 14.8. The normalized spacial score (nSPS) is 17.0. The van der Waals surface area contributed by atoms with Gasteiger partial charge in [0.05, 0.1) is 12.8 Å². The Bertz CT molecular complexity index is 618. The molecule has 0 atom stereocenters. The van der Waals surface area contributed by atoms with Crippen LogP contribution in [-0.4, -0.2) is 42.3 Å². The minimum Gasteiger partial charge on any atom is -0.495 e. The second kappa shape index (κ2) is 5.73. The average molecular weight is 288 g/mol. The highest BCUT2D eigenvalue weighted by Gasteiger charge is 2.23. The maximum Gasteiger partial charge on any atom is 0.247 e. The minimum absolute atomic E-state index is 0.359. The molecule has 2 aromatic rings. The van der Waals surface area contributed by atoms with Crippen LogP contribution in [0.15, 0.2) is 22.6 Å². The smallest absolute Gasteiger partial charge is 0.247 e. The number of methoxy groups -OCH3 is 1. The van der Waals surface area contributed by atoms with E-state index < -0.39 is 0 Å². The van der Waals surface area contributed by atoms with E-state index in [9.17, 15) is 0 Å². The molecule has 1 aliphatic heterocycles. The number of nitrogen functional groups attached to an aromatic ring is 1. The molecule has 1 aliphatic rings. The van der Waals surface area contributed by atoms with Crippen molar-refractivity contribution < 1.29 is 9.15 Å². The Morgan fingerprint density at radius 3 is 2.76 bits per heavy atom. The molecule has 1 fully saturated rings. The highest BCUT2D eigenvalue weighted by atomic mass is 16.5. The summed E-state index contributed by atoms with van der Waals surface area (Å²) in [5, 5.41) is 8.37. The molecule has 6 heteroatoms. The van der Waals surface area contributed by atoms with Crippen molar-refractivity contribution in [3.8, 4) is 17.2 Å². The summed E-state index contributed by atoms with van der Waals surface area (Å²) >= 11 is 0. The molecule has 0 unspecified atom stereocenters. The van der Waals surface area contributed by atoms with E-state index in [-0.39, 0.29) is 0 Å². The van der Waals surface area contributed by atoms with Gasteiger partial charge in [0, 0.05) is 11.5 Å². The molecular formula is C15H20N4O2. The number of aromatic nitrogens is 2. The number of likely N-dealkylation sites (tertiary alicyclic amines) is 1. The lowest BCUT2D eigenvalue weighted by Gasteiger charge is -2.26. The van der Waals surface area contributed by atoms with E-state index >= 15 is 0 Å². The van der Waals surface area contributed by atoms with Gasteiger partial charge in [-0.05, 0) is 51.2 Å². The topological polar surface area (TPSA) is 77.4 Å². The Labute approximate surface area is 123 Å². The van der Waals surface area contributed by atoms with Crippen molar-refractivity contribution in [2.24, 2.45) is 0 Å². The van der Waals surface area contributed by atoms with Gasteiger partial charge in [-0.1, -0.05) is 0 Å². The van der Waals surface area contributed by atoms with E-state index in [2.05, 4.69) is 22.1 Å². The van der Waals surface area contributed by atoms with E-state index in [4.69, 9.17) is 14.9 Å². The molecule has 0 saturated carbocycles. The fraction of sp³-hybridized carbons (Fsp3) is 0.467. The molecule has 0 amide bonds. The first kappa shape index (κ1) is 13.9. The highest BCUT2D eigenvalue weighted by molar-refractivity contribution is 5.64. The monoisotopic (exact) mass is 288 g/mol. The molecule has 6 nitrogen and oxygen atoms in total. The molecule has 2 N–H and O–H groups in total. The third-order valence-corrected chi connectivity index (χ3v) is 3.99. The van der Waals surface area contributed by atoms with Gasteiger partial charge in [0.2, 0.25) is 11.8 Å². The van der Waals surface area contributed by atoms with Crippen molar-refractivity contribution in [3.63, 3.8) is 0 Å². The third kappa shape index (κ3) is 2.85. The van der Waals surface area contributed by atoms with Crippen molar-refractivity contribution >= 4 is 5.69 Å². The first-order valence-corrected chi connectivity index (χ1v) is 7.13. The van der Waals surface area contributed by atoms with Gasteiger partial charge < -0.3 is 19.8 Å². The standard InChI is InChI=1S/C15H20N4O2/c1-19-7-5-10(6-8-19)14-17-18-15(21-14)11-3-4-12(16)13(9-11)20-2/h3-4,9-10H,5-8,16H2,1-2H3. The predicted octanol–water partition coefficient (Wildman–Crippen LogP) is 2.14. The van der Waals surface area contributed by atoms with Crippen LogP contribution in [0.4, 0.5) is 5.69 Å². The summed E-state index contributed by atoms with van der Waals surface area (Å²) in [5.41, 5.74) is 7.24. The second-order valence-corrected chi connectivity index (χ2v) is 5.48. The Morgan fingerprint density at radius 1 is 1.29 bits per heavy atom. The highest BCUT2D eigenvalue weighted by Crippen LogP contribution is 2.31. The lowest BCUT2D eigenvalue weighted by Crippen LogP contribution is -2.29. The van der Waals surface area contributed by atoms with Gasteiger partial charge in [-0.15, -0.1) is 10.2 Å². The molecule has 3 rings (SSSR count). The van der Waals surface area contributed by atoms with Crippen LogP contribution in [0.1, 0.15) is 24.7 Å². The molecule has 112 valence electrons. The number of piperidine rings is 1. The predicted molar refractivity (Wildman–Crippen MR) is 80.2 cm³/mol. The van der Waals surface area contributed by atoms with Crippen LogP contribution >= 0.6 is 0 Å². The molecule has 1 saturated heterocycles. The maximum absolute atomic E-state index is 5.85. The fourth-order valence-corrected chi connectivity index (χ4v) is 2.62. The van der Waals surface area contributed by atoms with Crippen molar-refractivity contribution in [3.05, 3.63) is 24.1 Å². The molecule has 2 heterocycles. The lowest BCUT2D eigenvalue weighted by molar-refractivity contribution is 0.237. The van der Waals surface area contributed by atoms with Crippen molar-refractivity contribution in [2.45, 2.75) is 18.8 Å². The van der Waals surface area contributed by atoms with Crippen LogP contribution in [0, 0.1) is 0 Å². The maximum atomic E-state index is 5.85. The van der Waals surface area contributed by atoms with Crippen molar-refractivity contribution in [1.29, 1.82) is 0 Å². The van der Waals surface area contributed by atoms with Crippen LogP contribution < -0.4 is 10.5 Å². The summed E-state index contributed by atoms with van der Waals surface area (Å²) in [4.78, 5) is 2.32. The molecule has 0 bridgehead atoms. The van der Waals surface area contributed by atoms with Crippen LogP contribution in [0.25, 0.3) is 11.5 Å². The molecule has 0 spiro atoms. The van der Waals surface area contributed by atoms with E-state index in [1.54, 1.807) is 13.2 Å². The summed E-state index contributed by atoms with van der Waals surface area (Å²) in [6.07, 6.45) is 2.12. The van der Waals surface area contributed by atoms with E-state index in [0.29, 0.717) is 23.2 Å². The van der Waals surface area contributed by atoms with Gasteiger partial charge in [0.1, 0.15) is 5.75 Å². The molecule has 0 aliphatic carbocycles. The van der Waals surface area contributed by atoms with Crippen molar-refractivity contribution in [2.75, 3.05) is 33.0 Å². The number of nitrogens with two attached hydrogens (primary N) is 1. The van der Waals surface area contributed by atoms with Gasteiger partial charge in [0.15, 0.2) is 0 Å². The van der Waals surface area contributed by atoms with Gasteiger partial charge in [-0.25, -0.2) is 0 Å². The summed E-state index contributed by atoms with van der Waals surface area (Å²) in [6.45, 7) is 2.14. The second-order valence-electron chi connectivity index (χ2n) is 5.48. The van der Waals surface area contributed by atoms with Crippen LogP contribution in [0.2, 0.25) is 0 Å². The van der Waals surface area contributed by atoms with Crippen LogP contribution in [-0.2, 0) is 0 Å². The number of ether oxygens (including phenoxy) is 1. The third-order valence-electron chi connectivity index (χ3n) is 3.99. The Hall–Kier alpha value is -2.08. The van der Waals surface area contributed by atoms with E-state index in [1.807, 2.05) is 12.1 Å². The van der Waals surface area contributed by atoms with Crippen LogP contribution in [0.5, 0.6) is 5.75 Å². The summed E-state index contributed by atoms with van der Waals surface area (Å²) in [6, 6.07) is 5.47. The average Bonchev–Trinajstić information content (AvgIpc) is 2.98. The summed E-state index contributed by atoms with van der Waals surface area (Å²) < 4.78 is 11.1. The number of hydrogen-bond acceptors (Lipinski definition) is 6. The lowest BCUT2D eigenvalue weighted by atomic mass is 9.97. The minimum atomic E-state index is 0.359. The summed E-state index contributed by atoms with van der Waals surface area (Å²) in [7, 11) is 3.73. The Morgan fingerprint density at radius 2 is 2.05 bits per heavy atom. The molecule has 0 radical (unpaired) electrons. The zero-order valence-corrected chi connectivity index (χ0v) is 12.4. The number of benzene rings is 1. The van der Waals surface area contributed by atoms with Gasteiger partial charge >= 0.3 is 0 Å². The summed E-state index contributed by atoms with van der Waals surface area (Å²) in [5.74, 6) is 2.22. The Balaban J connectivity index is 1.81. The SMILES string of the molecule is COc1cc(-c2nnc(C3CCN(C)CC3)o2)ccc1N. The van der Waals surface area contributed by atoms with E-state index in [1.165, 1.54) is 0 Å². The van der Waals surface area contributed by atoms with Crippen LogP contribution in [0.3, 0.4) is 0 Å². The quantitative estimate of drug-likeness (QED) is 0.872. The molecule has 1 aromatic heterocycles. The van der Waals surface area contributed by atoms with E-state index in [0.717, 1.165) is 37.4 Å². The number of hydrogen-bond donors (Lipinski definition) is 1. The Kier molecular flexibility index (Phi) is 3.79. The molecule has 1 aromatic carbocycles. The first-order valence-electron chi connectivity index (χ1n) is 7.13. The largest absolute Gasteiger partial charge is 0.495 e. The zero-order valence-electron chi connectivity index (χ0n) is 12.4.